The Morgan fingerprint density at radius 3 is 2.17 bits per heavy atom. The monoisotopic (exact) mass is 661 g/mol. The van der Waals surface area contributed by atoms with Crippen molar-refractivity contribution in [3.05, 3.63) is 125 Å². The molecule has 0 aromatic heterocycles. The van der Waals surface area contributed by atoms with Gasteiger partial charge in [0.2, 0.25) is 11.8 Å². The standard InChI is InChI=1S/C36H40ClN3O5S/c1-5-27(3)38-36(42)34(23-28-10-7-6-8-11-28)39(24-29-12-9-13-32(22-29)45-4)35(41)25-40(31-18-16-30(37)17-19-31)46(43,44)33-20-14-26(2)15-21-33/h6-22,27,34H,5,23-25H2,1-4H3,(H,38,42)/t27-,34+/m1/s1. The van der Waals surface area contributed by atoms with Crippen molar-refractivity contribution in [3.8, 4) is 5.75 Å². The van der Waals surface area contributed by atoms with Gasteiger partial charge in [-0.2, -0.15) is 0 Å². The summed E-state index contributed by atoms with van der Waals surface area (Å²) >= 11 is 6.15. The summed E-state index contributed by atoms with van der Waals surface area (Å²) in [5.41, 5.74) is 2.75. The molecular formula is C36H40ClN3O5S. The van der Waals surface area contributed by atoms with Gasteiger partial charge in [0.15, 0.2) is 0 Å². The molecule has 0 spiro atoms. The fourth-order valence-electron chi connectivity index (χ4n) is 4.94. The fraction of sp³-hybridized carbons (Fsp3) is 0.278. The van der Waals surface area contributed by atoms with E-state index in [9.17, 15) is 18.0 Å². The van der Waals surface area contributed by atoms with Crippen molar-refractivity contribution in [1.82, 2.24) is 10.2 Å². The summed E-state index contributed by atoms with van der Waals surface area (Å²) in [5.74, 6) is -0.277. The quantitative estimate of drug-likeness (QED) is 0.169. The van der Waals surface area contributed by atoms with E-state index in [-0.39, 0.29) is 35.5 Å². The highest BCUT2D eigenvalue weighted by Gasteiger charge is 2.35. The van der Waals surface area contributed by atoms with E-state index in [4.69, 9.17) is 16.3 Å². The minimum Gasteiger partial charge on any atom is -0.497 e. The zero-order valence-corrected chi connectivity index (χ0v) is 28.1. The average molecular weight is 662 g/mol. The smallest absolute Gasteiger partial charge is 0.264 e. The number of carbonyl (C=O) groups is 2. The third-order valence-corrected chi connectivity index (χ3v) is 9.80. The van der Waals surface area contributed by atoms with E-state index in [1.165, 1.54) is 17.0 Å². The first-order valence-electron chi connectivity index (χ1n) is 15.1. The number of hydrogen-bond donors (Lipinski definition) is 1. The maximum Gasteiger partial charge on any atom is 0.264 e. The van der Waals surface area contributed by atoms with Crippen molar-refractivity contribution in [2.24, 2.45) is 0 Å². The Balaban J connectivity index is 1.81. The Kier molecular flexibility index (Phi) is 11.8. The number of anilines is 1. The first kappa shape index (κ1) is 34.5. The van der Waals surface area contributed by atoms with Gasteiger partial charge in [0.1, 0.15) is 18.3 Å². The van der Waals surface area contributed by atoms with Gasteiger partial charge in [0.05, 0.1) is 17.7 Å². The Morgan fingerprint density at radius 2 is 1.54 bits per heavy atom. The molecule has 1 N–H and O–H groups in total. The number of sulfonamides is 1. The lowest BCUT2D eigenvalue weighted by Gasteiger charge is -2.34. The number of rotatable bonds is 14. The molecule has 0 heterocycles. The first-order chi connectivity index (χ1) is 22.0. The van der Waals surface area contributed by atoms with Gasteiger partial charge in [-0.05, 0) is 79.9 Å². The van der Waals surface area contributed by atoms with E-state index in [2.05, 4.69) is 5.32 Å². The fourth-order valence-corrected chi connectivity index (χ4v) is 6.48. The van der Waals surface area contributed by atoms with Crippen molar-refractivity contribution in [2.75, 3.05) is 18.0 Å². The van der Waals surface area contributed by atoms with Crippen LogP contribution in [0.2, 0.25) is 5.02 Å². The molecule has 0 saturated carbocycles. The summed E-state index contributed by atoms with van der Waals surface area (Å²) in [5, 5.41) is 3.47. The highest BCUT2D eigenvalue weighted by Crippen LogP contribution is 2.27. The molecule has 4 aromatic rings. The SMILES string of the molecule is CC[C@@H](C)NC(=O)[C@H](Cc1ccccc1)N(Cc1cccc(OC)c1)C(=O)CN(c1ccc(Cl)cc1)S(=O)(=O)c1ccc(C)cc1. The Labute approximate surface area is 277 Å². The van der Waals surface area contributed by atoms with Gasteiger partial charge in [0, 0.05) is 24.0 Å². The molecule has 8 nitrogen and oxygen atoms in total. The molecule has 0 unspecified atom stereocenters. The Bertz CT molecular complexity index is 1720. The van der Waals surface area contributed by atoms with Crippen molar-refractivity contribution in [2.45, 2.75) is 57.1 Å². The van der Waals surface area contributed by atoms with Crippen LogP contribution in [0.5, 0.6) is 5.75 Å². The Hall–Kier alpha value is -4.34. The normalized spacial score (nSPS) is 12.5. The molecule has 0 fully saturated rings. The topological polar surface area (TPSA) is 96.0 Å². The number of methoxy groups -OCH3 is 1. The number of halogens is 1. The predicted molar refractivity (Wildman–Crippen MR) is 183 cm³/mol. The molecule has 4 aromatic carbocycles. The van der Waals surface area contributed by atoms with Crippen molar-refractivity contribution in [3.63, 3.8) is 0 Å². The summed E-state index contributed by atoms with van der Waals surface area (Å²) in [6.45, 7) is 5.23. The van der Waals surface area contributed by atoms with E-state index in [1.807, 2.05) is 63.2 Å². The molecule has 46 heavy (non-hydrogen) atoms. The van der Waals surface area contributed by atoms with Gasteiger partial charge in [-0.3, -0.25) is 13.9 Å². The molecule has 2 amide bonds. The first-order valence-corrected chi connectivity index (χ1v) is 16.9. The molecule has 4 rings (SSSR count). The number of nitrogens with zero attached hydrogens (tertiary/aromatic N) is 2. The van der Waals surface area contributed by atoms with Crippen LogP contribution in [0.15, 0.2) is 108 Å². The second-order valence-electron chi connectivity index (χ2n) is 11.2. The summed E-state index contributed by atoms with van der Waals surface area (Å²) < 4.78 is 34.8. The lowest BCUT2D eigenvalue weighted by molar-refractivity contribution is -0.140. The van der Waals surface area contributed by atoms with Crippen molar-refractivity contribution >= 4 is 39.1 Å². The number of benzene rings is 4. The van der Waals surface area contributed by atoms with Gasteiger partial charge in [-0.1, -0.05) is 78.7 Å². The number of amides is 2. The van der Waals surface area contributed by atoms with Gasteiger partial charge in [0.25, 0.3) is 10.0 Å². The van der Waals surface area contributed by atoms with Crippen LogP contribution >= 0.6 is 11.6 Å². The van der Waals surface area contributed by atoms with Crippen LogP contribution in [0.4, 0.5) is 5.69 Å². The summed E-state index contributed by atoms with van der Waals surface area (Å²) in [6, 6.07) is 28.3. The van der Waals surface area contributed by atoms with Crippen molar-refractivity contribution in [1.29, 1.82) is 0 Å². The maximum absolute atomic E-state index is 14.6. The maximum atomic E-state index is 14.6. The second kappa shape index (κ2) is 15.8. The minimum atomic E-state index is -4.20. The molecule has 10 heteroatoms. The number of hydrogen-bond acceptors (Lipinski definition) is 5. The summed E-state index contributed by atoms with van der Waals surface area (Å²) in [6.07, 6.45) is 0.928. The predicted octanol–water partition coefficient (Wildman–Crippen LogP) is 6.41. The average Bonchev–Trinajstić information content (AvgIpc) is 3.06. The minimum absolute atomic E-state index is 0.0375. The second-order valence-corrected chi connectivity index (χ2v) is 13.5. The largest absolute Gasteiger partial charge is 0.497 e. The molecule has 0 saturated heterocycles. The lowest BCUT2D eigenvalue weighted by atomic mass is 10.0. The molecule has 2 atom stereocenters. The van der Waals surface area contributed by atoms with E-state index in [1.54, 1.807) is 55.6 Å². The van der Waals surface area contributed by atoms with Gasteiger partial charge >= 0.3 is 0 Å². The van der Waals surface area contributed by atoms with E-state index >= 15 is 0 Å². The number of ether oxygens (including phenoxy) is 1. The molecule has 0 bridgehead atoms. The molecule has 0 aliphatic carbocycles. The molecule has 0 aliphatic rings. The van der Waals surface area contributed by atoms with Crippen LogP contribution < -0.4 is 14.4 Å². The summed E-state index contributed by atoms with van der Waals surface area (Å²) in [7, 11) is -2.65. The highest BCUT2D eigenvalue weighted by atomic mass is 35.5. The number of nitrogens with one attached hydrogen (secondary N) is 1. The molecule has 0 radical (unpaired) electrons. The van der Waals surface area contributed by atoms with Crippen LogP contribution in [0.3, 0.4) is 0 Å². The van der Waals surface area contributed by atoms with Crippen LogP contribution in [-0.2, 0) is 32.6 Å². The zero-order chi connectivity index (χ0) is 33.3. The third kappa shape index (κ3) is 8.89. The molecular weight excluding hydrogens is 622 g/mol. The number of aryl methyl sites for hydroxylation is 1. The van der Waals surface area contributed by atoms with Crippen LogP contribution in [0.25, 0.3) is 0 Å². The highest BCUT2D eigenvalue weighted by molar-refractivity contribution is 7.92. The molecule has 0 aliphatic heterocycles. The van der Waals surface area contributed by atoms with Gasteiger partial charge < -0.3 is 15.0 Å². The van der Waals surface area contributed by atoms with E-state index in [0.29, 0.717) is 17.2 Å². The van der Waals surface area contributed by atoms with Gasteiger partial charge in [-0.25, -0.2) is 8.42 Å². The van der Waals surface area contributed by atoms with Crippen LogP contribution in [0.1, 0.15) is 37.0 Å². The van der Waals surface area contributed by atoms with Crippen LogP contribution in [0, 0.1) is 6.92 Å². The zero-order valence-electron chi connectivity index (χ0n) is 26.5. The van der Waals surface area contributed by atoms with E-state index in [0.717, 1.165) is 21.0 Å². The van der Waals surface area contributed by atoms with Crippen LogP contribution in [-0.4, -0.2) is 50.9 Å². The lowest BCUT2D eigenvalue weighted by Crippen LogP contribution is -2.54. The summed E-state index contributed by atoms with van der Waals surface area (Å²) in [4.78, 5) is 30.0. The number of carbonyl (C=O) groups excluding carboxylic acids is 2. The third-order valence-electron chi connectivity index (χ3n) is 7.76. The molecule has 242 valence electrons. The van der Waals surface area contributed by atoms with Crippen molar-refractivity contribution < 1.29 is 22.7 Å². The van der Waals surface area contributed by atoms with E-state index < -0.39 is 28.5 Å². The Morgan fingerprint density at radius 1 is 0.891 bits per heavy atom. The van der Waals surface area contributed by atoms with Gasteiger partial charge in [-0.15, -0.1) is 0 Å².